The maximum atomic E-state index is 12.4. The lowest BCUT2D eigenvalue weighted by Gasteiger charge is -2.11. The van der Waals surface area contributed by atoms with Gasteiger partial charge in [0.05, 0.1) is 10.4 Å². The summed E-state index contributed by atoms with van der Waals surface area (Å²) in [4.78, 5) is 18.5. The molecule has 2 aromatic carbocycles. The van der Waals surface area contributed by atoms with Crippen LogP contribution in [0.2, 0.25) is 0 Å². The van der Waals surface area contributed by atoms with Crippen LogP contribution in [-0.2, 0) is 15.9 Å². The Hall–Kier alpha value is -2.48. The molecule has 1 heterocycles. The van der Waals surface area contributed by atoms with Gasteiger partial charge in [0.25, 0.3) is 15.9 Å². The van der Waals surface area contributed by atoms with Crippen LogP contribution in [0.3, 0.4) is 0 Å². The van der Waals surface area contributed by atoms with Gasteiger partial charge < -0.3 is 0 Å². The molecule has 0 aliphatic carbocycles. The average molecular weight is 376 g/mol. The number of hydrogen-bond donors (Lipinski definition) is 2. The first-order valence-electron chi connectivity index (χ1n) is 7.33. The van der Waals surface area contributed by atoms with Crippen molar-refractivity contribution in [3.63, 3.8) is 0 Å². The van der Waals surface area contributed by atoms with E-state index in [1.54, 1.807) is 30.3 Å². The molecular weight excluding hydrogens is 362 g/mol. The molecular formula is C17H14ClN3O3S. The Balaban J connectivity index is 1.78. The fourth-order valence-electron chi connectivity index (χ4n) is 2.30. The Morgan fingerprint density at radius 3 is 2.52 bits per heavy atom. The summed E-state index contributed by atoms with van der Waals surface area (Å²) in [5, 5.41) is 0.885. The summed E-state index contributed by atoms with van der Waals surface area (Å²) in [6, 6.07) is 16.9. The van der Waals surface area contributed by atoms with Gasteiger partial charge in [0, 0.05) is 11.3 Å². The molecule has 0 aliphatic heterocycles. The van der Waals surface area contributed by atoms with Crippen LogP contribution in [0.1, 0.15) is 16.1 Å². The van der Waals surface area contributed by atoms with E-state index >= 15 is 0 Å². The second-order valence-corrected chi connectivity index (χ2v) is 7.11. The standard InChI is InChI=1S/C17H14ClN3O3S/c18-11-13-6-2-4-8-16(13)25(23,24)21-20-17(22)15-10-9-12-5-1-3-7-14(12)19-15/h1-10,21H,11H2,(H,20,22). The number of nitrogens with one attached hydrogen (secondary N) is 2. The predicted molar refractivity (Wildman–Crippen MR) is 95.5 cm³/mol. The van der Waals surface area contributed by atoms with E-state index in [0.717, 1.165) is 5.39 Å². The van der Waals surface area contributed by atoms with E-state index in [-0.39, 0.29) is 16.5 Å². The number of hydrazine groups is 1. The maximum Gasteiger partial charge on any atom is 0.284 e. The fraction of sp³-hybridized carbons (Fsp3) is 0.0588. The maximum absolute atomic E-state index is 12.4. The molecule has 0 radical (unpaired) electrons. The summed E-state index contributed by atoms with van der Waals surface area (Å²) in [6.45, 7) is 0. The summed E-state index contributed by atoms with van der Waals surface area (Å²) < 4.78 is 24.7. The fourth-order valence-corrected chi connectivity index (χ4v) is 3.69. The summed E-state index contributed by atoms with van der Waals surface area (Å²) in [6.07, 6.45) is 0. The van der Waals surface area contributed by atoms with Gasteiger partial charge in [-0.2, -0.15) is 0 Å². The number of benzene rings is 2. The summed E-state index contributed by atoms with van der Waals surface area (Å²) in [7, 11) is -3.94. The number of rotatable bonds is 5. The zero-order chi connectivity index (χ0) is 17.9. The molecule has 6 nitrogen and oxygen atoms in total. The number of sulfonamides is 1. The number of carbonyl (C=O) groups is 1. The molecule has 2 N–H and O–H groups in total. The smallest absolute Gasteiger partial charge is 0.272 e. The third kappa shape index (κ3) is 3.79. The van der Waals surface area contributed by atoms with E-state index in [0.29, 0.717) is 11.1 Å². The SMILES string of the molecule is O=C(NNS(=O)(=O)c1ccccc1CCl)c1ccc2ccccc2n1. The molecule has 0 aliphatic rings. The molecule has 1 amide bonds. The van der Waals surface area contributed by atoms with Crippen LogP contribution in [-0.4, -0.2) is 19.3 Å². The average Bonchev–Trinajstić information content (AvgIpc) is 2.65. The van der Waals surface area contributed by atoms with E-state index in [4.69, 9.17) is 11.6 Å². The molecule has 0 saturated carbocycles. The van der Waals surface area contributed by atoms with Crippen molar-refractivity contribution in [3.05, 3.63) is 71.9 Å². The third-order valence-electron chi connectivity index (χ3n) is 3.54. The van der Waals surface area contributed by atoms with Crippen LogP contribution in [0.5, 0.6) is 0 Å². The lowest BCUT2D eigenvalue weighted by atomic mass is 10.2. The summed E-state index contributed by atoms with van der Waals surface area (Å²) in [5.74, 6) is -0.616. The van der Waals surface area contributed by atoms with Crippen LogP contribution in [0, 0.1) is 0 Å². The Morgan fingerprint density at radius 1 is 1.00 bits per heavy atom. The van der Waals surface area contributed by atoms with Crippen molar-refractivity contribution in [1.29, 1.82) is 0 Å². The molecule has 1 aromatic heterocycles. The Labute approximate surface area is 149 Å². The van der Waals surface area contributed by atoms with Crippen molar-refractivity contribution in [2.45, 2.75) is 10.8 Å². The van der Waals surface area contributed by atoms with Gasteiger partial charge in [0.2, 0.25) is 0 Å². The van der Waals surface area contributed by atoms with Gasteiger partial charge in [0.1, 0.15) is 5.69 Å². The topological polar surface area (TPSA) is 88.2 Å². The van der Waals surface area contributed by atoms with Crippen molar-refractivity contribution in [3.8, 4) is 0 Å². The highest BCUT2D eigenvalue weighted by Gasteiger charge is 2.19. The van der Waals surface area contributed by atoms with Crippen LogP contribution in [0.25, 0.3) is 10.9 Å². The molecule has 128 valence electrons. The number of para-hydroxylation sites is 1. The molecule has 3 aromatic rings. The molecule has 25 heavy (non-hydrogen) atoms. The minimum Gasteiger partial charge on any atom is -0.272 e. The number of alkyl halides is 1. The number of aromatic nitrogens is 1. The highest BCUT2D eigenvalue weighted by molar-refractivity contribution is 7.89. The van der Waals surface area contributed by atoms with E-state index in [2.05, 4.69) is 15.2 Å². The first kappa shape index (κ1) is 17.3. The number of pyridine rings is 1. The van der Waals surface area contributed by atoms with Crippen molar-refractivity contribution >= 4 is 38.4 Å². The van der Waals surface area contributed by atoms with Crippen molar-refractivity contribution in [2.24, 2.45) is 0 Å². The van der Waals surface area contributed by atoms with Gasteiger partial charge in [-0.1, -0.05) is 42.5 Å². The minimum atomic E-state index is -3.94. The van der Waals surface area contributed by atoms with Crippen LogP contribution in [0.15, 0.2) is 65.6 Å². The number of nitrogens with zero attached hydrogens (tertiary/aromatic N) is 1. The summed E-state index contributed by atoms with van der Waals surface area (Å²) in [5.41, 5.74) is 3.36. The second kappa shape index (κ2) is 7.18. The predicted octanol–water partition coefficient (Wildman–Crippen LogP) is 2.60. The van der Waals surface area contributed by atoms with Gasteiger partial charge in [-0.15, -0.1) is 16.4 Å². The third-order valence-corrected chi connectivity index (χ3v) is 5.17. The number of carbonyl (C=O) groups excluding carboxylic acids is 1. The molecule has 0 fully saturated rings. The first-order valence-corrected chi connectivity index (χ1v) is 9.35. The van der Waals surface area contributed by atoms with Crippen molar-refractivity contribution in [2.75, 3.05) is 0 Å². The Bertz CT molecular complexity index is 1040. The van der Waals surface area contributed by atoms with Crippen LogP contribution >= 0.6 is 11.6 Å². The van der Waals surface area contributed by atoms with E-state index in [1.807, 2.05) is 18.2 Å². The lowest BCUT2D eigenvalue weighted by Crippen LogP contribution is -2.42. The van der Waals surface area contributed by atoms with Gasteiger partial charge in [0.15, 0.2) is 0 Å². The quantitative estimate of drug-likeness (QED) is 0.530. The van der Waals surface area contributed by atoms with Gasteiger partial charge >= 0.3 is 0 Å². The zero-order valence-electron chi connectivity index (χ0n) is 12.9. The molecule has 0 bridgehead atoms. The zero-order valence-corrected chi connectivity index (χ0v) is 14.5. The monoisotopic (exact) mass is 375 g/mol. The molecule has 0 atom stereocenters. The highest BCUT2D eigenvalue weighted by Crippen LogP contribution is 2.17. The molecule has 0 saturated heterocycles. The van der Waals surface area contributed by atoms with Crippen LogP contribution in [0.4, 0.5) is 0 Å². The van der Waals surface area contributed by atoms with Gasteiger partial charge in [-0.3, -0.25) is 10.2 Å². The van der Waals surface area contributed by atoms with Crippen molar-refractivity contribution < 1.29 is 13.2 Å². The summed E-state index contributed by atoms with van der Waals surface area (Å²) >= 11 is 5.76. The number of hydrogen-bond acceptors (Lipinski definition) is 4. The van der Waals surface area contributed by atoms with Crippen LogP contribution < -0.4 is 10.3 Å². The van der Waals surface area contributed by atoms with Gasteiger partial charge in [-0.25, -0.2) is 13.4 Å². The van der Waals surface area contributed by atoms with Gasteiger partial charge in [-0.05, 0) is 23.8 Å². The molecule has 0 unspecified atom stereocenters. The molecule has 3 rings (SSSR count). The highest BCUT2D eigenvalue weighted by atomic mass is 35.5. The number of amides is 1. The largest absolute Gasteiger partial charge is 0.284 e. The number of halogens is 1. The second-order valence-electron chi connectivity index (χ2n) is 5.19. The normalized spacial score (nSPS) is 11.4. The van der Waals surface area contributed by atoms with Crippen molar-refractivity contribution in [1.82, 2.24) is 15.2 Å². The lowest BCUT2D eigenvalue weighted by molar-refractivity contribution is 0.0940. The Kier molecular flexibility index (Phi) is 4.98. The van der Waals surface area contributed by atoms with E-state index in [1.165, 1.54) is 12.1 Å². The number of fused-ring (bicyclic) bond motifs is 1. The van der Waals surface area contributed by atoms with E-state index < -0.39 is 15.9 Å². The molecule has 0 spiro atoms. The Morgan fingerprint density at radius 2 is 1.72 bits per heavy atom. The molecule has 8 heteroatoms. The van der Waals surface area contributed by atoms with E-state index in [9.17, 15) is 13.2 Å². The first-order chi connectivity index (χ1) is 12.0. The minimum absolute atomic E-state index is 0.0109.